The Morgan fingerprint density at radius 2 is 2.00 bits per heavy atom. The first-order valence-corrected chi connectivity index (χ1v) is 5.23. The van der Waals surface area contributed by atoms with Crippen molar-refractivity contribution in [2.75, 3.05) is 14.2 Å². The summed E-state index contributed by atoms with van der Waals surface area (Å²) < 4.78 is 10.4. The minimum Gasteiger partial charge on any atom is -0.871 e. The first kappa shape index (κ1) is 12.2. The summed E-state index contributed by atoms with van der Waals surface area (Å²) in [6, 6.07) is 1.32. The van der Waals surface area contributed by atoms with Crippen molar-refractivity contribution in [1.29, 1.82) is 0 Å². The highest BCUT2D eigenvalue weighted by Crippen LogP contribution is 2.24. The van der Waals surface area contributed by atoms with Crippen LogP contribution in [0.25, 0.3) is 5.76 Å². The van der Waals surface area contributed by atoms with Crippen LogP contribution in [0.15, 0.2) is 11.6 Å². The van der Waals surface area contributed by atoms with Crippen molar-refractivity contribution in [3.63, 3.8) is 0 Å². The molecule has 1 aliphatic heterocycles. The second-order valence-corrected chi connectivity index (χ2v) is 3.68. The highest BCUT2D eigenvalue weighted by molar-refractivity contribution is 5.96. The Morgan fingerprint density at radius 3 is 2.61 bits per heavy atom. The van der Waals surface area contributed by atoms with Crippen LogP contribution >= 0.6 is 0 Å². The number of carbonyl (C=O) groups excluding carboxylic acids is 2. The predicted octanol–water partition coefficient (Wildman–Crippen LogP) is -0.682. The number of aryl methyl sites for hydroxylation is 1. The van der Waals surface area contributed by atoms with Gasteiger partial charge in [0.2, 0.25) is 0 Å². The van der Waals surface area contributed by atoms with Crippen LogP contribution in [0.5, 0.6) is 0 Å². The second-order valence-electron chi connectivity index (χ2n) is 3.68. The highest BCUT2D eigenvalue weighted by atomic mass is 16.5. The summed E-state index contributed by atoms with van der Waals surface area (Å²) in [5.74, 6) is -1.73. The fourth-order valence-electron chi connectivity index (χ4n) is 1.78. The van der Waals surface area contributed by atoms with E-state index in [1.54, 1.807) is 0 Å². The molecule has 0 spiro atoms. The Labute approximate surface area is 103 Å². The Balaban J connectivity index is 2.44. The molecule has 0 unspecified atom stereocenters. The molecule has 2 rings (SSSR count). The normalized spacial score (nSPS) is 14.1. The molecule has 0 aliphatic carbocycles. The first-order valence-electron chi connectivity index (χ1n) is 5.23. The zero-order valence-electron chi connectivity index (χ0n) is 9.93. The topological polar surface area (TPSA) is 93.5 Å². The quantitative estimate of drug-likeness (QED) is 0.646. The van der Waals surface area contributed by atoms with E-state index in [4.69, 9.17) is 0 Å². The summed E-state index contributed by atoms with van der Waals surface area (Å²) in [4.78, 5) is 22.7. The van der Waals surface area contributed by atoms with Gasteiger partial charge in [-0.05, 0) is 12.5 Å². The van der Waals surface area contributed by atoms with Gasteiger partial charge < -0.3 is 14.6 Å². The van der Waals surface area contributed by atoms with E-state index in [2.05, 4.69) is 14.6 Å². The molecular formula is C11H11N2O5-. The number of ether oxygens (including phenoxy) is 2. The summed E-state index contributed by atoms with van der Waals surface area (Å²) in [5, 5.41) is 15.9. The van der Waals surface area contributed by atoms with Crippen LogP contribution in [-0.2, 0) is 20.8 Å². The van der Waals surface area contributed by atoms with E-state index < -0.39 is 17.7 Å². The summed E-state index contributed by atoms with van der Waals surface area (Å²) >= 11 is 0. The fraction of sp³-hybridized carbons (Fsp3) is 0.364. The maximum atomic E-state index is 12.0. The zero-order valence-corrected chi connectivity index (χ0v) is 9.93. The van der Waals surface area contributed by atoms with Gasteiger partial charge in [0.15, 0.2) is 5.69 Å². The third-order valence-electron chi connectivity index (χ3n) is 2.69. The average molecular weight is 251 g/mol. The average Bonchev–Trinajstić information content (AvgIpc) is 2.82. The van der Waals surface area contributed by atoms with Crippen LogP contribution in [0.1, 0.15) is 22.6 Å². The number of rotatable bonds is 2. The van der Waals surface area contributed by atoms with Crippen LogP contribution in [0, 0.1) is 0 Å². The predicted molar refractivity (Wildman–Crippen MR) is 57.1 cm³/mol. The monoisotopic (exact) mass is 251 g/mol. The van der Waals surface area contributed by atoms with E-state index in [9.17, 15) is 14.7 Å². The second kappa shape index (κ2) is 4.52. The highest BCUT2D eigenvalue weighted by Gasteiger charge is 2.22. The summed E-state index contributed by atoms with van der Waals surface area (Å²) in [6.45, 7) is 0.350. The molecule has 0 radical (unpaired) electrons. The van der Waals surface area contributed by atoms with Crippen molar-refractivity contribution in [1.82, 2.24) is 9.78 Å². The molecule has 0 amide bonds. The van der Waals surface area contributed by atoms with Gasteiger partial charge in [-0.3, -0.25) is 4.68 Å². The molecule has 7 heteroatoms. The van der Waals surface area contributed by atoms with E-state index in [1.807, 2.05) is 0 Å². The molecule has 2 heterocycles. The Bertz CT molecular complexity index is 544. The van der Waals surface area contributed by atoms with E-state index in [-0.39, 0.29) is 23.4 Å². The number of fused-ring (bicyclic) bond motifs is 1. The summed E-state index contributed by atoms with van der Waals surface area (Å²) in [6.07, 6.45) is 0.237. The number of hydrogen-bond donors (Lipinski definition) is 0. The van der Waals surface area contributed by atoms with Crippen molar-refractivity contribution in [3.05, 3.63) is 23.0 Å². The van der Waals surface area contributed by atoms with Crippen molar-refractivity contribution in [2.24, 2.45) is 0 Å². The van der Waals surface area contributed by atoms with Gasteiger partial charge in [0.1, 0.15) is 0 Å². The summed E-state index contributed by atoms with van der Waals surface area (Å²) in [7, 11) is 2.45. The van der Waals surface area contributed by atoms with E-state index in [0.717, 1.165) is 0 Å². The van der Waals surface area contributed by atoms with E-state index in [0.29, 0.717) is 6.54 Å². The maximum Gasteiger partial charge on any atom is 0.358 e. The number of esters is 2. The lowest BCUT2D eigenvalue weighted by molar-refractivity contribution is -0.246. The van der Waals surface area contributed by atoms with Crippen molar-refractivity contribution < 1.29 is 24.2 Å². The number of nitrogens with zero attached hydrogens (tertiary/aromatic N) is 2. The molecule has 1 aliphatic rings. The molecule has 0 saturated heterocycles. The van der Waals surface area contributed by atoms with Gasteiger partial charge in [-0.1, -0.05) is 5.76 Å². The molecule has 18 heavy (non-hydrogen) atoms. The van der Waals surface area contributed by atoms with E-state index >= 15 is 0 Å². The van der Waals surface area contributed by atoms with Crippen molar-refractivity contribution >= 4 is 17.7 Å². The minimum atomic E-state index is -0.646. The van der Waals surface area contributed by atoms with Gasteiger partial charge in [0, 0.05) is 12.1 Å². The van der Waals surface area contributed by atoms with Crippen LogP contribution in [0.4, 0.5) is 0 Å². The van der Waals surface area contributed by atoms with Crippen molar-refractivity contribution in [3.8, 4) is 0 Å². The third-order valence-corrected chi connectivity index (χ3v) is 2.69. The number of methoxy groups -OCH3 is 2. The van der Waals surface area contributed by atoms with Gasteiger partial charge in [0.25, 0.3) is 0 Å². The van der Waals surface area contributed by atoms with Gasteiger partial charge >= 0.3 is 11.9 Å². The molecule has 0 aromatic carbocycles. The molecule has 0 N–H and O–H groups in total. The molecule has 7 nitrogen and oxygen atoms in total. The fourth-order valence-corrected chi connectivity index (χ4v) is 1.78. The van der Waals surface area contributed by atoms with Crippen LogP contribution in [0.2, 0.25) is 0 Å². The number of aromatic nitrogens is 2. The van der Waals surface area contributed by atoms with Gasteiger partial charge in [-0.25, -0.2) is 9.59 Å². The SMILES string of the molecule is COC(=O)C1=C([O-])c2cc(C(=O)OC)nn2CC1. The van der Waals surface area contributed by atoms with Crippen molar-refractivity contribution in [2.45, 2.75) is 13.0 Å². The smallest absolute Gasteiger partial charge is 0.358 e. The number of hydrogen-bond acceptors (Lipinski definition) is 6. The molecule has 0 bridgehead atoms. The third kappa shape index (κ3) is 1.83. The van der Waals surface area contributed by atoms with Gasteiger partial charge in [-0.2, -0.15) is 5.10 Å². The van der Waals surface area contributed by atoms with Gasteiger partial charge in [0.05, 0.1) is 19.9 Å². The lowest BCUT2D eigenvalue weighted by Gasteiger charge is -2.23. The minimum absolute atomic E-state index is 0.0481. The maximum absolute atomic E-state index is 12.0. The first-order chi connectivity index (χ1) is 8.58. The van der Waals surface area contributed by atoms with E-state index in [1.165, 1.54) is 25.0 Å². The van der Waals surface area contributed by atoms with Crippen LogP contribution in [-0.4, -0.2) is 35.9 Å². The Morgan fingerprint density at radius 1 is 1.33 bits per heavy atom. The lowest BCUT2D eigenvalue weighted by Crippen LogP contribution is -2.23. The molecule has 1 aromatic heterocycles. The molecule has 0 atom stereocenters. The van der Waals surface area contributed by atoms with Crippen LogP contribution in [0.3, 0.4) is 0 Å². The summed E-state index contributed by atoms with van der Waals surface area (Å²) in [5.41, 5.74) is 0.315. The Hall–Kier alpha value is -2.31. The molecule has 1 aromatic rings. The molecule has 0 saturated carbocycles. The number of carbonyl (C=O) groups is 2. The molecule has 0 fully saturated rings. The van der Waals surface area contributed by atoms with Crippen LogP contribution < -0.4 is 5.11 Å². The lowest BCUT2D eigenvalue weighted by atomic mass is 10.1. The Kier molecular flexibility index (Phi) is 3.05. The van der Waals surface area contributed by atoms with Gasteiger partial charge in [-0.15, -0.1) is 0 Å². The molecular weight excluding hydrogens is 240 g/mol. The largest absolute Gasteiger partial charge is 0.871 e. The standard InChI is InChI=1S/C11H12N2O5/c1-17-10(15)6-3-4-13-8(9(6)14)5-7(12-13)11(16)18-2/h5,14H,3-4H2,1-2H3/p-1. The zero-order chi connectivity index (χ0) is 13.3. The molecule has 96 valence electrons.